The van der Waals surface area contributed by atoms with Crippen molar-refractivity contribution in [2.45, 2.75) is 25.4 Å². The Hall–Kier alpha value is -4.26. The van der Waals surface area contributed by atoms with Gasteiger partial charge in [-0.3, -0.25) is 19.3 Å². The minimum atomic E-state index is -1.20. The van der Waals surface area contributed by atoms with Gasteiger partial charge in [0.1, 0.15) is 6.04 Å². The average molecular weight is 456 g/mol. The number of amides is 3. The van der Waals surface area contributed by atoms with E-state index in [1.54, 1.807) is 48.5 Å². The number of carbonyl (C=O) groups is 4. The van der Waals surface area contributed by atoms with E-state index >= 15 is 0 Å². The molecule has 7 nitrogen and oxygen atoms in total. The number of nitrogens with zero attached hydrogens (tertiary/aromatic N) is 1. The molecule has 0 fully saturated rings. The number of hydrogen-bond acceptors (Lipinski definition) is 5. The van der Waals surface area contributed by atoms with Gasteiger partial charge < -0.3 is 10.1 Å². The summed E-state index contributed by atoms with van der Waals surface area (Å²) in [7, 11) is 0. The highest BCUT2D eigenvalue weighted by Gasteiger charge is 2.43. The average Bonchev–Trinajstić information content (AvgIpc) is 3.12. The summed E-state index contributed by atoms with van der Waals surface area (Å²) >= 11 is 0. The number of esters is 1. The zero-order chi connectivity index (χ0) is 24.1. The molecule has 1 aliphatic rings. The molecule has 0 aliphatic carbocycles. The zero-order valence-corrected chi connectivity index (χ0v) is 18.6. The van der Waals surface area contributed by atoms with Crippen molar-refractivity contribution in [2.24, 2.45) is 0 Å². The van der Waals surface area contributed by atoms with Gasteiger partial charge in [0, 0.05) is 6.42 Å². The van der Waals surface area contributed by atoms with E-state index in [1.165, 1.54) is 0 Å². The van der Waals surface area contributed by atoms with Gasteiger partial charge in [0.25, 0.3) is 17.7 Å². The molecule has 3 amide bonds. The van der Waals surface area contributed by atoms with E-state index in [2.05, 4.69) is 5.32 Å². The van der Waals surface area contributed by atoms with Crippen molar-refractivity contribution in [3.8, 4) is 0 Å². The van der Waals surface area contributed by atoms with Crippen LogP contribution in [0.25, 0.3) is 0 Å². The number of ether oxygens (including phenoxy) is 1. The van der Waals surface area contributed by atoms with E-state index in [9.17, 15) is 19.2 Å². The van der Waals surface area contributed by atoms with Crippen molar-refractivity contribution in [1.29, 1.82) is 0 Å². The van der Waals surface area contributed by atoms with E-state index in [4.69, 9.17) is 4.74 Å². The monoisotopic (exact) mass is 456 g/mol. The molecule has 0 radical (unpaired) electrons. The fraction of sp³-hybridized carbons (Fsp3) is 0.185. The van der Waals surface area contributed by atoms with E-state index in [0.29, 0.717) is 0 Å². The first-order chi connectivity index (χ1) is 16.5. The molecule has 1 N–H and O–H groups in total. The maximum atomic E-state index is 13.1. The number of fused-ring (bicyclic) bond motifs is 1. The zero-order valence-electron chi connectivity index (χ0n) is 18.6. The van der Waals surface area contributed by atoms with Crippen molar-refractivity contribution in [1.82, 2.24) is 10.2 Å². The minimum absolute atomic E-state index is 0.0766. The molecule has 0 saturated carbocycles. The van der Waals surface area contributed by atoms with Gasteiger partial charge in [-0.25, -0.2) is 4.79 Å². The Kier molecular flexibility index (Phi) is 6.82. The third-order valence-corrected chi connectivity index (χ3v) is 5.70. The third-order valence-electron chi connectivity index (χ3n) is 5.70. The number of nitrogens with one attached hydrogen (secondary N) is 1. The maximum absolute atomic E-state index is 13.1. The third kappa shape index (κ3) is 4.88. The summed E-state index contributed by atoms with van der Waals surface area (Å²) in [5.41, 5.74) is 2.15. The predicted octanol–water partition coefficient (Wildman–Crippen LogP) is 3.31. The molecule has 7 heteroatoms. The van der Waals surface area contributed by atoms with E-state index in [-0.39, 0.29) is 23.6 Å². The fourth-order valence-electron chi connectivity index (χ4n) is 3.95. The molecule has 0 bridgehead atoms. The van der Waals surface area contributed by atoms with Crippen LogP contribution in [0.3, 0.4) is 0 Å². The van der Waals surface area contributed by atoms with Gasteiger partial charge in [-0.2, -0.15) is 0 Å². The molecule has 0 spiro atoms. The van der Waals surface area contributed by atoms with Gasteiger partial charge in [-0.05, 0) is 30.2 Å². The van der Waals surface area contributed by atoms with Crippen molar-refractivity contribution in [2.75, 3.05) is 6.61 Å². The Labute approximate surface area is 197 Å². The molecule has 1 heterocycles. The first-order valence-corrected chi connectivity index (χ1v) is 11.0. The highest BCUT2D eigenvalue weighted by molar-refractivity contribution is 6.22. The van der Waals surface area contributed by atoms with Gasteiger partial charge in [0.2, 0.25) is 0 Å². The van der Waals surface area contributed by atoms with Crippen molar-refractivity contribution >= 4 is 23.7 Å². The van der Waals surface area contributed by atoms with Gasteiger partial charge in [-0.15, -0.1) is 0 Å². The van der Waals surface area contributed by atoms with Crippen LogP contribution in [-0.2, 0) is 20.7 Å². The van der Waals surface area contributed by atoms with E-state index < -0.39 is 36.3 Å². The smallest absolute Gasteiger partial charge is 0.330 e. The van der Waals surface area contributed by atoms with Gasteiger partial charge in [0.05, 0.1) is 17.2 Å². The Bertz CT molecular complexity index is 1170. The standard InChI is InChI=1S/C27H24N2O5/c1-18(20-12-6-3-7-13-20)28-24(30)17-34-27(33)23(16-19-10-4-2-5-11-19)29-25(31)21-14-8-9-15-22(21)26(29)32/h2-15,18,23H,16-17H2,1H3,(H,28,30)/t18-,23-/m1/s1. The molecule has 3 aromatic rings. The van der Waals surface area contributed by atoms with E-state index in [0.717, 1.165) is 16.0 Å². The van der Waals surface area contributed by atoms with Crippen molar-refractivity contribution in [3.05, 3.63) is 107 Å². The quantitative estimate of drug-likeness (QED) is 0.415. The summed E-state index contributed by atoms with van der Waals surface area (Å²) in [6.07, 6.45) is 0.0766. The maximum Gasteiger partial charge on any atom is 0.330 e. The lowest BCUT2D eigenvalue weighted by atomic mass is 10.0. The van der Waals surface area contributed by atoms with Crippen molar-refractivity contribution in [3.63, 3.8) is 0 Å². The Morgan fingerprint density at radius 1 is 0.824 bits per heavy atom. The van der Waals surface area contributed by atoms with E-state index in [1.807, 2.05) is 43.3 Å². The second-order valence-electron chi connectivity index (χ2n) is 8.04. The Morgan fingerprint density at radius 3 is 1.94 bits per heavy atom. The molecule has 4 rings (SSSR count). The molecule has 0 unspecified atom stereocenters. The first kappa shape index (κ1) is 22.9. The lowest BCUT2D eigenvalue weighted by Crippen LogP contribution is -2.47. The lowest BCUT2D eigenvalue weighted by molar-refractivity contribution is -0.152. The molecule has 0 saturated heterocycles. The summed E-state index contributed by atoms with van der Waals surface area (Å²) in [5.74, 6) is -2.41. The molecule has 34 heavy (non-hydrogen) atoms. The minimum Gasteiger partial charge on any atom is -0.454 e. The summed E-state index contributed by atoms with van der Waals surface area (Å²) in [5, 5.41) is 2.78. The second kappa shape index (κ2) is 10.1. The van der Waals surface area contributed by atoms with Crippen LogP contribution in [0.5, 0.6) is 0 Å². The molecular formula is C27H24N2O5. The van der Waals surface area contributed by atoms with Gasteiger partial charge >= 0.3 is 5.97 Å². The first-order valence-electron chi connectivity index (χ1n) is 11.0. The molecule has 0 aromatic heterocycles. The van der Waals surface area contributed by atoms with Crippen molar-refractivity contribution < 1.29 is 23.9 Å². The van der Waals surface area contributed by atoms with Crippen LogP contribution in [0, 0.1) is 0 Å². The number of hydrogen-bond donors (Lipinski definition) is 1. The molecule has 3 aromatic carbocycles. The number of rotatable bonds is 8. The number of carbonyl (C=O) groups excluding carboxylic acids is 4. The highest BCUT2D eigenvalue weighted by Crippen LogP contribution is 2.26. The van der Waals surface area contributed by atoms with Gasteiger partial charge in [0.15, 0.2) is 6.61 Å². The Morgan fingerprint density at radius 2 is 1.35 bits per heavy atom. The number of imide groups is 1. The van der Waals surface area contributed by atoms with Gasteiger partial charge in [-0.1, -0.05) is 72.8 Å². The number of benzene rings is 3. The van der Waals surface area contributed by atoms with Crippen LogP contribution >= 0.6 is 0 Å². The molecule has 172 valence electrons. The van der Waals surface area contributed by atoms with Crippen LogP contribution in [0.1, 0.15) is 44.8 Å². The summed E-state index contributed by atoms with van der Waals surface area (Å²) in [6, 6.07) is 23.4. The van der Waals surface area contributed by atoms with Crippen LogP contribution in [0.15, 0.2) is 84.9 Å². The molecule has 2 atom stereocenters. The second-order valence-corrected chi connectivity index (χ2v) is 8.04. The van der Waals surface area contributed by atoms with Crippen LogP contribution in [0.4, 0.5) is 0 Å². The lowest BCUT2D eigenvalue weighted by Gasteiger charge is -2.25. The molecule has 1 aliphatic heterocycles. The fourth-order valence-corrected chi connectivity index (χ4v) is 3.95. The van der Waals surface area contributed by atoms with Crippen LogP contribution < -0.4 is 5.32 Å². The van der Waals surface area contributed by atoms with Crippen LogP contribution in [0.2, 0.25) is 0 Å². The van der Waals surface area contributed by atoms with Crippen LogP contribution in [-0.4, -0.2) is 41.2 Å². The summed E-state index contributed by atoms with van der Waals surface area (Å²) < 4.78 is 5.29. The highest BCUT2D eigenvalue weighted by atomic mass is 16.5. The summed E-state index contributed by atoms with van der Waals surface area (Å²) in [6.45, 7) is 1.30. The largest absolute Gasteiger partial charge is 0.454 e. The molecular weight excluding hydrogens is 432 g/mol. The normalized spacial score (nSPS) is 14.3. The Balaban J connectivity index is 1.48. The SMILES string of the molecule is C[C@@H](NC(=O)COC(=O)[C@@H](Cc1ccccc1)N1C(=O)c2ccccc2C1=O)c1ccccc1. The summed E-state index contributed by atoms with van der Waals surface area (Å²) in [4.78, 5) is 52.4. The topological polar surface area (TPSA) is 92.8 Å². The predicted molar refractivity (Wildman–Crippen MR) is 125 cm³/mol.